The molecule has 1 saturated heterocycles. The predicted molar refractivity (Wildman–Crippen MR) is 57.5 cm³/mol. The average Bonchev–Trinajstić information content (AvgIpc) is 2.49. The highest BCUT2D eigenvalue weighted by Gasteiger charge is 2.32. The van der Waals surface area contributed by atoms with E-state index >= 15 is 0 Å². The van der Waals surface area contributed by atoms with Crippen molar-refractivity contribution in [1.82, 2.24) is 10.6 Å². The molecule has 0 bridgehead atoms. The van der Waals surface area contributed by atoms with Gasteiger partial charge in [0.15, 0.2) is 5.11 Å². The molecule has 2 nitrogen and oxygen atoms in total. The van der Waals surface area contributed by atoms with Crippen LogP contribution in [0.15, 0.2) is 30.3 Å². The van der Waals surface area contributed by atoms with Gasteiger partial charge in [0.25, 0.3) is 0 Å². The molecule has 0 aliphatic carbocycles. The van der Waals surface area contributed by atoms with Gasteiger partial charge in [0, 0.05) is 6.54 Å². The third-order valence-electron chi connectivity index (χ3n) is 2.40. The van der Waals surface area contributed by atoms with Gasteiger partial charge in [-0.1, -0.05) is 30.3 Å². The molecule has 1 heterocycles. The first-order chi connectivity index (χ1) is 6.21. The lowest BCUT2D eigenvalue weighted by molar-refractivity contribution is 0.481. The Morgan fingerprint density at radius 2 is 2.00 bits per heavy atom. The topological polar surface area (TPSA) is 24.1 Å². The Morgan fingerprint density at radius 1 is 1.31 bits per heavy atom. The van der Waals surface area contributed by atoms with Crippen LogP contribution in [0.5, 0.6) is 0 Å². The number of nitrogens with one attached hydrogen (secondary N) is 2. The molecule has 68 valence electrons. The van der Waals surface area contributed by atoms with Gasteiger partial charge in [-0.3, -0.25) is 0 Å². The summed E-state index contributed by atoms with van der Waals surface area (Å²) in [5.41, 5.74) is 1.22. The molecule has 2 rings (SSSR count). The quantitative estimate of drug-likeness (QED) is 0.657. The van der Waals surface area contributed by atoms with E-state index in [1.54, 1.807) is 0 Å². The molecule has 3 heteroatoms. The SMILES string of the molecule is C[C@]1(c2ccccc2)CNC(=S)N1. The van der Waals surface area contributed by atoms with Crippen LogP contribution in [0.25, 0.3) is 0 Å². The van der Waals surface area contributed by atoms with Crippen molar-refractivity contribution in [3.8, 4) is 0 Å². The number of hydrogen-bond acceptors (Lipinski definition) is 1. The summed E-state index contributed by atoms with van der Waals surface area (Å²) in [6.07, 6.45) is 0. The van der Waals surface area contributed by atoms with Crippen LogP contribution in [0.1, 0.15) is 12.5 Å². The van der Waals surface area contributed by atoms with E-state index in [1.165, 1.54) is 5.56 Å². The Kier molecular flexibility index (Phi) is 1.96. The van der Waals surface area contributed by atoms with Crippen LogP contribution in [0.2, 0.25) is 0 Å². The fraction of sp³-hybridized carbons (Fsp3) is 0.300. The largest absolute Gasteiger partial charge is 0.360 e. The van der Waals surface area contributed by atoms with Gasteiger partial charge in [-0.15, -0.1) is 0 Å². The van der Waals surface area contributed by atoms with Gasteiger partial charge >= 0.3 is 0 Å². The van der Waals surface area contributed by atoms with E-state index in [0.29, 0.717) is 0 Å². The highest BCUT2D eigenvalue weighted by molar-refractivity contribution is 7.80. The first-order valence-electron chi connectivity index (χ1n) is 4.32. The Labute approximate surface area is 83.3 Å². The number of hydrogen-bond donors (Lipinski definition) is 2. The molecule has 1 atom stereocenters. The third-order valence-corrected chi connectivity index (χ3v) is 2.65. The third kappa shape index (κ3) is 1.52. The van der Waals surface area contributed by atoms with Crippen LogP contribution in [0.4, 0.5) is 0 Å². The van der Waals surface area contributed by atoms with Gasteiger partial charge in [-0.25, -0.2) is 0 Å². The Hall–Kier alpha value is -1.09. The first kappa shape index (κ1) is 8.51. The van der Waals surface area contributed by atoms with Crippen molar-refractivity contribution in [3.63, 3.8) is 0 Å². The minimum atomic E-state index is -0.0433. The monoisotopic (exact) mass is 192 g/mol. The summed E-state index contributed by atoms with van der Waals surface area (Å²) >= 11 is 5.05. The zero-order chi connectivity index (χ0) is 9.31. The molecule has 0 aromatic heterocycles. The molecule has 0 saturated carbocycles. The van der Waals surface area contributed by atoms with Crippen LogP contribution in [-0.2, 0) is 5.54 Å². The van der Waals surface area contributed by atoms with Crippen molar-refractivity contribution >= 4 is 17.3 Å². The van der Waals surface area contributed by atoms with E-state index in [4.69, 9.17) is 12.2 Å². The molecule has 0 radical (unpaired) electrons. The fourth-order valence-electron chi connectivity index (χ4n) is 1.58. The lowest BCUT2D eigenvalue weighted by Gasteiger charge is -2.23. The summed E-state index contributed by atoms with van der Waals surface area (Å²) in [7, 11) is 0. The number of thiocarbonyl (C=S) groups is 1. The maximum Gasteiger partial charge on any atom is 0.167 e. The van der Waals surface area contributed by atoms with E-state index in [9.17, 15) is 0 Å². The van der Waals surface area contributed by atoms with Crippen molar-refractivity contribution in [2.45, 2.75) is 12.5 Å². The Bertz CT molecular complexity index is 323. The molecule has 1 aromatic carbocycles. The number of benzene rings is 1. The highest BCUT2D eigenvalue weighted by atomic mass is 32.1. The van der Waals surface area contributed by atoms with Crippen molar-refractivity contribution in [1.29, 1.82) is 0 Å². The molecular formula is C10H12N2S. The summed E-state index contributed by atoms with van der Waals surface area (Å²) in [5, 5.41) is 7.14. The van der Waals surface area contributed by atoms with Gasteiger partial charge in [-0.2, -0.15) is 0 Å². The second kappa shape index (κ2) is 3.00. The lowest BCUT2D eigenvalue weighted by Crippen LogP contribution is -2.36. The van der Waals surface area contributed by atoms with Crippen LogP contribution in [-0.4, -0.2) is 11.7 Å². The molecule has 0 amide bonds. The minimum absolute atomic E-state index is 0.0433. The molecule has 1 aromatic rings. The minimum Gasteiger partial charge on any atom is -0.360 e. The predicted octanol–water partition coefficient (Wildman–Crippen LogP) is 1.38. The van der Waals surface area contributed by atoms with E-state index in [-0.39, 0.29) is 5.54 Å². The summed E-state index contributed by atoms with van der Waals surface area (Å²) in [6, 6.07) is 10.3. The maximum absolute atomic E-state index is 5.05. The summed E-state index contributed by atoms with van der Waals surface area (Å²) < 4.78 is 0. The van der Waals surface area contributed by atoms with E-state index in [1.807, 2.05) is 18.2 Å². The van der Waals surface area contributed by atoms with Crippen molar-refractivity contribution in [3.05, 3.63) is 35.9 Å². The van der Waals surface area contributed by atoms with Crippen LogP contribution in [0.3, 0.4) is 0 Å². The van der Waals surface area contributed by atoms with Crippen LogP contribution in [0, 0.1) is 0 Å². The normalized spacial score (nSPS) is 26.7. The van der Waals surface area contributed by atoms with Gasteiger partial charge in [0.1, 0.15) is 0 Å². The summed E-state index contributed by atoms with van der Waals surface area (Å²) in [6.45, 7) is 3.00. The molecule has 0 spiro atoms. The van der Waals surface area contributed by atoms with Crippen LogP contribution >= 0.6 is 12.2 Å². The molecule has 0 unspecified atom stereocenters. The van der Waals surface area contributed by atoms with Gasteiger partial charge < -0.3 is 10.6 Å². The number of rotatable bonds is 1. The fourth-order valence-corrected chi connectivity index (χ4v) is 1.87. The molecule has 1 aliphatic heterocycles. The van der Waals surface area contributed by atoms with Crippen molar-refractivity contribution < 1.29 is 0 Å². The van der Waals surface area contributed by atoms with Gasteiger partial charge in [0.2, 0.25) is 0 Å². The van der Waals surface area contributed by atoms with Gasteiger partial charge in [-0.05, 0) is 24.7 Å². The summed E-state index contributed by atoms with van der Waals surface area (Å²) in [4.78, 5) is 0. The van der Waals surface area contributed by atoms with E-state index in [2.05, 4.69) is 29.7 Å². The average molecular weight is 192 g/mol. The smallest absolute Gasteiger partial charge is 0.167 e. The Morgan fingerprint density at radius 3 is 2.54 bits per heavy atom. The zero-order valence-corrected chi connectivity index (χ0v) is 8.32. The molecule has 1 aliphatic rings. The molecule has 13 heavy (non-hydrogen) atoms. The van der Waals surface area contributed by atoms with Crippen molar-refractivity contribution in [2.75, 3.05) is 6.54 Å². The molecule has 1 fully saturated rings. The molecule has 2 N–H and O–H groups in total. The highest BCUT2D eigenvalue weighted by Crippen LogP contribution is 2.22. The first-order valence-corrected chi connectivity index (χ1v) is 4.73. The maximum atomic E-state index is 5.05. The second-order valence-corrected chi connectivity index (χ2v) is 3.91. The van der Waals surface area contributed by atoms with E-state index < -0.39 is 0 Å². The van der Waals surface area contributed by atoms with E-state index in [0.717, 1.165) is 11.7 Å². The van der Waals surface area contributed by atoms with Crippen LogP contribution < -0.4 is 10.6 Å². The van der Waals surface area contributed by atoms with Gasteiger partial charge in [0.05, 0.1) is 5.54 Å². The zero-order valence-electron chi connectivity index (χ0n) is 7.50. The summed E-state index contributed by atoms with van der Waals surface area (Å²) in [5.74, 6) is 0. The second-order valence-electron chi connectivity index (χ2n) is 3.51. The molecular weight excluding hydrogens is 180 g/mol. The lowest BCUT2D eigenvalue weighted by atomic mass is 9.93. The standard InChI is InChI=1S/C10H12N2S/c1-10(7-11-9(13)12-10)8-5-3-2-4-6-8/h2-6H,7H2,1H3,(H2,11,12,13)/t10-/m1/s1. The Balaban J connectivity index is 2.31. The van der Waals surface area contributed by atoms with Crippen molar-refractivity contribution in [2.24, 2.45) is 0 Å².